The molecule has 0 radical (unpaired) electrons. The Bertz CT molecular complexity index is 2430. The number of carbonyl (C=O) groups is 7. The third-order valence-electron chi connectivity index (χ3n) is 9.68. The zero-order valence-electron chi connectivity index (χ0n) is 30.5. The predicted molar refractivity (Wildman–Crippen MR) is 209 cm³/mol. The average molecular weight is 768 g/mol. The van der Waals surface area contributed by atoms with Crippen molar-refractivity contribution in [3.05, 3.63) is 119 Å². The van der Waals surface area contributed by atoms with Crippen LogP contribution in [-0.2, 0) is 14.4 Å². The second kappa shape index (κ2) is 16.5. The Hall–Kier alpha value is -7.42. The quantitative estimate of drug-likeness (QED) is 0.0812. The standard InChI is InChI=1S/C42H37N7O8/c43-38(52)30-22-46-31-8-2-1-6-28(31)37(30)47-27-16-14-25(15-17-27)24-10-12-26(13-11-24)39(53)45-21-4-3-20-44-35(51)23-57-33-9-5-7-29-36(33)42(56)49(41(29)55)32-18-19-34(50)48-40(32)54/h1-2,5-17,22,32H,3-4,18-21,23H2,(H2,43,52)(H,44,51)(H,45,53)(H,46,47)(H,48,50,54). The topological polar surface area (TPSA) is 219 Å². The summed E-state index contributed by atoms with van der Waals surface area (Å²) in [4.78, 5) is 92.7. The maximum absolute atomic E-state index is 13.2. The van der Waals surface area contributed by atoms with E-state index in [-0.39, 0.29) is 41.2 Å². The number of rotatable bonds is 14. The lowest BCUT2D eigenvalue weighted by molar-refractivity contribution is -0.136. The number of aromatic nitrogens is 1. The SMILES string of the molecule is NC(=O)c1cnc2ccccc2c1Nc1ccc(-c2ccc(C(=O)NCCCCNC(=O)COc3cccc4c3C(=O)N(C3CCC(=O)NC3=O)C4=O)cc2)cc1. The average Bonchev–Trinajstić information content (AvgIpc) is 3.47. The number of para-hydroxylation sites is 1. The van der Waals surface area contributed by atoms with Crippen LogP contribution in [0.15, 0.2) is 97.2 Å². The number of hydrogen-bond donors (Lipinski definition) is 5. The van der Waals surface area contributed by atoms with Gasteiger partial charge < -0.3 is 26.4 Å². The fraction of sp³-hybridized carbons (Fsp3) is 0.190. The van der Waals surface area contributed by atoms with E-state index in [1.807, 2.05) is 60.7 Å². The molecule has 1 unspecified atom stereocenters. The number of primary amides is 1. The Kier molecular flexibility index (Phi) is 11.0. The smallest absolute Gasteiger partial charge is 0.266 e. The molecule has 1 saturated heterocycles. The molecule has 0 saturated carbocycles. The largest absolute Gasteiger partial charge is 0.483 e. The van der Waals surface area contributed by atoms with Crippen LogP contribution in [0.4, 0.5) is 11.4 Å². The first-order chi connectivity index (χ1) is 27.6. The lowest BCUT2D eigenvalue weighted by Crippen LogP contribution is -2.54. The van der Waals surface area contributed by atoms with Crippen LogP contribution in [-0.4, -0.2) is 77.0 Å². The summed E-state index contributed by atoms with van der Waals surface area (Å²) in [6, 6.07) is 25.7. The number of pyridine rings is 1. The normalized spacial score (nSPS) is 14.9. The second-order valence-electron chi connectivity index (χ2n) is 13.4. The summed E-state index contributed by atoms with van der Waals surface area (Å²) in [5.74, 6) is -3.80. The van der Waals surface area contributed by atoms with E-state index >= 15 is 0 Å². The number of nitrogens with zero attached hydrogens (tertiary/aromatic N) is 2. The van der Waals surface area contributed by atoms with Crippen molar-refractivity contribution in [2.45, 2.75) is 31.7 Å². The minimum Gasteiger partial charge on any atom is -0.483 e. The van der Waals surface area contributed by atoms with Gasteiger partial charge in [-0.2, -0.15) is 0 Å². The van der Waals surface area contributed by atoms with Crippen LogP contribution in [0.3, 0.4) is 0 Å². The van der Waals surface area contributed by atoms with Crippen molar-refractivity contribution in [3.8, 4) is 16.9 Å². The number of fused-ring (bicyclic) bond motifs is 2. The van der Waals surface area contributed by atoms with Crippen molar-refractivity contribution in [3.63, 3.8) is 0 Å². The summed E-state index contributed by atoms with van der Waals surface area (Å²) in [6.07, 6.45) is 2.67. The van der Waals surface area contributed by atoms with Gasteiger partial charge in [-0.1, -0.05) is 48.5 Å². The molecular weight excluding hydrogens is 731 g/mol. The minimum absolute atomic E-state index is 0.00119. The number of piperidine rings is 1. The van der Waals surface area contributed by atoms with Crippen molar-refractivity contribution in [1.82, 2.24) is 25.8 Å². The third-order valence-corrected chi connectivity index (χ3v) is 9.68. The monoisotopic (exact) mass is 767 g/mol. The maximum Gasteiger partial charge on any atom is 0.266 e. The Morgan fingerprint density at radius 3 is 2.25 bits per heavy atom. The van der Waals surface area contributed by atoms with Crippen LogP contribution in [0.25, 0.3) is 22.0 Å². The molecule has 2 aliphatic rings. The van der Waals surface area contributed by atoms with Crippen LogP contribution in [0.2, 0.25) is 0 Å². The molecule has 2 aliphatic heterocycles. The lowest BCUT2D eigenvalue weighted by atomic mass is 10.0. The Morgan fingerprint density at radius 1 is 0.825 bits per heavy atom. The first kappa shape index (κ1) is 37.9. The van der Waals surface area contributed by atoms with Gasteiger partial charge in [-0.25, -0.2) is 0 Å². The van der Waals surface area contributed by atoms with Crippen LogP contribution in [0.5, 0.6) is 5.75 Å². The summed E-state index contributed by atoms with van der Waals surface area (Å²) in [7, 11) is 0. The van der Waals surface area contributed by atoms with Crippen molar-refractivity contribution < 1.29 is 38.3 Å². The van der Waals surface area contributed by atoms with Gasteiger partial charge in [-0.15, -0.1) is 0 Å². The molecule has 0 aliphatic carbocycles. The van der Waals surface area contributed by atoms with Gasteiger partial charge in [0.05, 0.1) is 27.9 Å². The zero-order valence-corrected chi connectivity index (χ0v) is 30.5. The molecule has 15 heteroatoms. The van der Waals surface area contributed by atoms with E-state index in [0.717, 1.165) is 32.6 Å². The first-order valence-electron chi connectivity index (χ1n) is 18.3. The maximum atomic E-state index is 13.2. The molecule has 288 valence electrons. The Labute approximate surface area is 326 Å². The number of imide groups is 2. The highest BCUT2D eigenvalue weighted by Crippen LogP contribution is 2.34. The number of carbonyl (C=O) groups excluding carboxylic acids is 7. The molecule has 3 heterocycles. The Morgan fingerprint density at radius 2 is 1.53 bits per heavy atom. The number of unbranched alkanes of at least 4 members (excludes halogenated alkanes) is 1. The van der Waals surface area contributed by atoms with E-state index in [2.05, 4.69) is 26.3 Å². The number of nitrogens with one attached hydrogen (secondary N) is 4. The van der Waals surface area contributed by atoms with Gasteiger partial charge in [-0.3, -0.25) is 48.8 Å². The first-order valence-corrected chi connectivity index (χ1v) is 18.3. The summed E-state index contributed by atoms with van der Waals surface area (Å²) in [5, 5.41) is 11.9. The van der Waals surface area contributed by atoms with Crippen molar-refractivity contribution >= 4 is 63.6 Å². The highest BCUT2D eigenvalue weighted by atomic mass is 16.5. The fourth-order valence-corrected chi connectivity index (χ4v) is 6.75. The van der Waals surface area contributed by atoms with E-state index in [0.29, 0.717) is 37.2 Å². The fourth-order valence-electron chi connectivity index (χ4n) is 6.75. The highest BCUT2D eigenvalue weighted by molar-refractivity contribution is 6.24. The predicted octanol–water partition coefficient (Wildman–Crippen LogP) is 3.85. The summed E-state index contributed by atoms with van der Waals surface area (Å²) >= 11 is 0. The molecule has 57 heavy (non-hydrogen) atoms. The van der Waals surface area contributed by atoms with Crippen LogP contribution >= 0.6 is 0 Å². The molecule has 1 atom stereocenters. The van der Waals surface area contributed by atoms with E-state index in [4.69, 9.17) is 10.5 Å². The number of benzene rings is 4. The van der Waals surface area contributed by atoms with Crippen molar-refractivity contribution in [1.29, 1.82) is 0 Å². The van der Waals surface area contributed by atoms with Crippen LogP contribution in [0, 0.1) is 0 Å². The molecule has 0 bridgehead atoms. The van der Waals surface area contributed by atoms with Crippen LogP contribution < -0.4 is 31.7 Å². The van der Waals surface area contributed by atoms with E-state index in [1.165, 1.54) is 24.4 Å². The van der Waals surface area contributed by atoms with Gasteiger partial charge in [0.1, 0.15) is 11.8 Å². The second-order valence-corrected chi connectivity index (χ2v) is 13.4. The molecule has 5 aromatic rings. The lowest BCUT2D eigenvalue weighted by Gasteiger charge is -2.27. The molecule has 1 aromatic heterocycles. The van der Waals surface area contributed by atoms with Gasteiger partial charge in [0, 0.05) is 42.3 Å². The van der Waals surface area contributed by atoms with E-state index < -0.39 is 48.1 Å². The van der Waals surface area contributed by atoms with Gasteiger partial charge in [0.15, 0.2) is 6.61 Å². The molecular formula is C42H37N7O8. The van der Waals surface area contributed by atoms with Gasteiger partial charge in [0.2, 0.25) is 11.8 Å². The highest BCUT2D eigenvalue weighted by Gasteiger charge is 2.46. The van der Waals surface area contributed by atoms with Gasteiger partial charge in [0.25, 0.3) is 29.5 Å². The van der Waals surface area contributed by atoms with Crippen LogP contribution in [0.1, 0.15) is 67.1 Å². The van der Waals surface area contributed by atoms with Gasteiger partial charge in [-0.05, 0) is 72.9 Å². The summed E-state index contributed by atoms with van der Waals surface area (Å²) in [6.45, 7) is 0.298. The third kappa shape index (κ3) is 8.17. The number of amides is 7. The van der Waals surface area contributed by atoms with E-state index in [9.17, 15) is 33.6 Å². The van der Waals surface area contributed by atoms with Crippen molar-refractivity contribution in [2.24, 2.45) is 5.73 Å². The summed E-state index contributed by atoms with van der Waals surface area (Å²) < 4.78 is 5.61. The molecule has 7 rings (SSSR count). The molecule has 0 spiro atoms. The Balaban J connectivity index is 0.836. The molecule has 1 fully saturated rings. The minimum atomic E-state index is -1.11. The number of nitrogens with two attached hydrogens (primary N) is 1. The van der Waals surface area contributed by atoms with E-state index in [1.54, 1.807) is 12.1 Å². The molecule has 7 amide bonds. The summed E-state index contributed by atoms with van der Waals surface area (Å²) in [5.41, 5.74) is 10.3. The van der Waals surface area contributed by atoms with Crippen molar-refractivity contribution in [2.75, 3.05) is 25.0 Å². The molecule has 4 aromatic carbocycles. The number of anilines is 2. The van der Waals surface area contributed by atoms with Gasteiger partial charge >= 0.3 is 0 Å². The number of hydrogen-bond acceptors (Lipinski definition) is 10. The number of ether oxygens (including phenoxy) is 1. The molecule has 6 N–H and O–H groups in total. The molecule has 15 nitrogen and oxygen atoms in total. The zero-order chi connectivity index (χ0) is 40.1.